The first-order valence-electron chi connectivity index (χ1n) is 5.43. The summed E-state index contributed by atoms with van der Waals surface area (Å²) in [5.41, 5.74) is 5.78. The van der Waals surface area contributed by atoms with E-state index < -0.39 is 0 Å². The molecule has 0 aliphatic carbocycles. The Morgan fingerprint density at radius 1 is 1.60 bits per heavy atom. The first kappa shape index (κ1) is 12.4. The molecule has 1 heterocycles. The first-order chi connectivity index (χ1) is 7.20. The van der Waals surface area contributed by atoms with Crippen LogP contribution in [-0.4, -0.2) is 54.9 Å². The average molecular weight is 216 g/mol. The number of hydrogen-bond donors (Lipinski definition) is 2. The van der Waals surface area contributed by atoms with E-state index in [0.717, 1.165) is 0 Å². The highest BCUT2D eigenvalue weighted by Crippen LogP contribution is 2.15. The molecule has 2 atom stereocenters. The van der Waals surface area contributed by atoms with Gasteiger partial charge in [0.1, 0.15) is 0 Å². The zero-order valence-corrected chi connectivity index (χ0v) is 9.19. The number of carbonyl (C=O) groups excluding carboxylic acids is 1. The molecule has 1 fully saturated rings. The van der Waals surface area contributed by atoms with Crippen LogP contribution in [-0.2, 0) is 9.53 Å². The molecule has 0 aromatic carbocycles. The van der Waals surface area contributed by atoms with Gasteiger partial charge in [-0.1, -0.05) is 0 Å². The van der Waals surface area contributed by atoms with E-state index in [1.807, 2.05) is 6.92 Å². The van der Waals surface area contributed by atoms with E-state index in [-0.39, 0.29) is 24.5 Å². The number of nitrogens with zero attached hydrogens (tertiary/aromatic N) is 1. The van der Waals surface area contributed by atoms with Gasteiger partial charge in [0, 0.05) is 25.7 Å². The van der Waals surface area contributed by atoms with Crippen molar-refractivity contribution < 1.29 is 14.6 Å². The van der Waals surface area contributed by atoms with Gasteiger partial charge in [0.05, 0.1) is 19.1 Å². The van der Waals surface area contributed by atoms with Crippen molar-refractivity contribution >= 4 is 5.91 Å². The smallest absolute Gasteiger partial charge is 0.229 e. The summed E-state index contributed by atoms with van der Waals surface area (Å²) in [6.07, 6.45) is 0.613. The fourth-order valence-electron chi connectivity index (χ4n) is 1.75. The zero-order chi connectivity index (χ0) is 11.3. The Morgan fingerprint density at radius 2 is 2.33 bits per heavy atom. The molecular weight excluding hydrogens is 196 g/mol. The van der Waals surface area contributed by atoms with Crippen molar-refractivity contribution in [2.45, 2.75) is 19.4 Å². The Kier molecular flexibility index (Phi) is 5.01. The van der Waals surface area contributed by atoms with E-state index in [9.17, 15) is 4.79 Å². The number of carbonyl (C=O) groups is 1. The molecule has 1 aliphatic rings. The molecule has 5 heteroatoms. The number of hydrogen-bond acceptors (Lipinski definition) is 4. The minimum Gasteiger partial charge on any atom is -0.396 e. The molecule has 2 unspecified atom stereocenters. The van der Waals surface area contributed by atoms with Crippen molar-refractivity contribution in [3.05, 3.63) is 0 Å². The van der Waals surface area contributed by atoms with Gasteiger partial charge < -0.3 is 20.5 Å². The maximum atomic E-state index is 12.0. The fraction of sp³-hybridized carbons (Fsp3) is 0.900. The highest BCUT2D eigenvalue weighted by molar-refractivity contribution is 5.80. The molecular formula is C10H20N2O3. The van der Waals surface area contributed by atoms with Gasteiger partial charge in [-0.15, -0.1) is 0 Å². The predicted molar refractivity (Wildman–Crippen MR) is 56.2 cm³/mol. The van der Waals surface area contributed by atoms with Gasteiger partial charge in [-0.05, 0) is 13.3 Å². The molecule has 88 valence electrons. The van der Waals surface area contributed by atoms with Gasteiger partial charge in [-0.2, -0.15) is 0 Å². The number of rotatable bonds is 5. The minimum atomic E-state index is -0.205. The summed E-state index contributed by atoms with van der Waals surface area (Å²) in [5.74, 6) is -0.153. The third-order valence-corrected chi connectivity index (χ3v) is 2.72. The third-order valence-electron chi connectivity index (χ3n) is 2.72. The van der Waals surface area contributed by atoms with Gasteiger partial charge >= 0.3 is 0 Å². The summed E-state index contributed by atoms with van der Waals surface area (Å²) < 4.78 is 5.17. The lowest BCUT2D eigenvalue weighted by atomic mass is 10.0. The van der Waals surface area contributed by atoms with Crippen LogP contribution in [0.4, 0.5) is 0 Å². The highest BCUT2D eigenvalue weighted by atomic mass is 16.5. The molecule has 0 saturated carbocycles. The van der Waals surface area contributed by atoms with E-state index >= 15 is 0 Å². The van der Waals surface area contributed by atoms with E-state index in [2.05, 4.69) is 0 Å². The van der Waals surface area contributed by atoms with Crippen LogP contribution in [0.1, 0.15) is 13.3 Å². The molecule has 15 heavy (non-hydrogen) atoms. The largest absolute Gasteiger partial charge is 0.396 e. The normalized spacial score (nSPS) is 25.5. The van der Waals surface area contributed by atoms with Crippen LogP contribution in [0.15, 0.2) is 0 Å². The van der Waals surface area contributed by atoms with Gasteiger partial charge in [0.25, 0.3) is 0 Å². The lowest BCUT2D eigenvalue weighted by Gasteiger charge is -2.24. The van der Waals surface area contributed by atoms with E-state index in [1.54, 1.807) is 4.90 Å². The first-order valence-corrected chi connectivity index (χ1v) is 5.43. The molecule has 1 rings (SSSR count). The van der Waals surface area contributed by atoms with Crippen molar-refractivity contribution in [2.24, 2.45) is 11.7 Å². The quantitative estimate of drug-likeness (QED) is 0.630. The number of nitrogens with two attached hydrogens (primary N) is 1. The molecule has 1 aliphatic heterocycles. The predicted octanol–water partition coefficient (Wildman–Crippen LogP) is -0.809. The molecule has 0 bridgehead atoms. The summed E-state index contributed by atoms with van der Waals surface area (Å²) in [6.45, 7) is 4.17. The second kappa shape index (κ2) is 6.05. The number of aliphatic hydroxyl groups is 1. The zero-order valence-electron chi connectivity index (χ0n) is 9.19. The summed E-state index contributed by atoms with van der Waals surface area (Å²) in [7, 11) is 0. The molecule has 0 aromatic rings. The van der Waals surface area contributed by atoms with Crippen molar-refractivity contribution in [3.8, 4) is 0 Å². The monoisotopic (exact) mass is 216 g/mol. The second-order valence-corrected chi connectivity index (χ2v) is 3.80. The molecule has 1 saturated heterocycles. The minimum absolute atomic E-state index is 0.0518. The molecule has 5 nitrogen and oxygen atoms in total. The van der Waals surface area contributed by atoms with Crippen LogP contribution >= 0.6 is 0 Å². The summed E-state index contributed by atoms with van der Waals surface area (Å²) in [5, 5.41) is 8.72. The van der Waals surface area contributed by atoms with Gasteiger partial charge in [0.2, 0.25) is 5.91 Å². The third kappa shape index (κ3) is 3.15. The molecule has 1 amide bonds. The maximum absolute atomic E-state index is 12.0. The van der Waals surface area contributed by atoms with Crippen molar-refractivity contribution in [3.63, 3.8) is 0 Å². The Morgan fingerprint density at radius 3 is 2.80 bits per heavy atom. The Balaban J connectivity index is 2.48. The maximum Gasteiger partial charge on any atom is 0.229 e. The molecule has 0 spiro atoms. The van der Waals surface area contributed by atoms with Crippen molar-refractivity contribution in [2.75, 3.05) is 32.9 Å². The van der Waals surface area contributed by atoms with Crippen LogP contribution in [0.2, 0.25) is 0 Å². The average Bonchev–Trinajstić information content (AvgIpc) is 2.65. The van der Waals surface area contributed by atoms with E-state index in [0.29, 0.717) is 32.7 Å². The fourth-order valence-corrected chi connectivity index (χ4v) is 1.75. The van der Waals surface area contributed by atoms with Gasteiger partial charge in [-0.3, -0.25) is 4.79 Å². The molecule has 0 aromatic heterocycles. The van der Waals surface area contributed by atoms with Gasteiger partial charge in [0.15, 0.2) is 0 Å². The van der Waals surface area contributed by atoms with E-state index in [4.69, 9.17) is 15.6 Å². The number of ether oxygens (including phenoxy) is 1. The standard InChI is InChI=1S/C10H20N2O3/c1-2-12(4-3-5-13)10(14)8-6-15-7-9(8)11/h8-9,13H,2-7,11H2,1H3. The van der Waals surface area contributed by atoms with Crippen molar-refractivity contribution in [1.82, 2.24) is 4.90 Å². The Bertz CT molecular complexity index is 211. The molecule has 3 N–H and O–H groups in total. The van der Waals surface area contributed by atoms with Gasteiger partial charge in [-0.25, -0.2) is 0 Å². The summed E-state index contributed by atoms with van der Waals surface area (Å²) in [4.78, 5) is 13.7. The molecule has 0 radical (unpaired) electrons. The second-order valence-electron chi connectivity index (χ2n) is 3.80. The van der Waals surface area contributed by atoms with E-state index in [1.165, 1.54) is 0 Å². The van der Waals surface area contributed by atoms with Crippen LogP contribution in [0, 0.1) is 5.92 Å². The lowest BCUT2D eigenvalue weighted by molar-refractivity contribution is -0.135. The Labute approximate surface area is 90.2 Å². The number of amides is 1. The number of aliphatic hydroxyl groups excluding tert-OH is 1. The SMILES string of the molecule is CCN(CCCO)C(=O)C1COCC1N. The van der Waals surface area contributed by atoms with Crippen LogP contribution in [0.5, 0.6) is 0 Å². The summed E-state index contributed by atoms with van der Waals surface area (Å²) in [6, 6.07) is -0.180. The van der Waals surface area contributed by atoms with Crippen LogP contribution in [0.3, 0.4) is 0 Å². The topological polar surface area (TPSA) is 75.8 Å². The van der Waals surface area contributed by atoms with Crippen LogP contribution < -0.4 is 5.73 Å². The summed E-state index contributed by atoms with van der Waals surface area (Å²) >= 11 is 0. The van der Waals surface area contributed by atoms with Crippen LogP contribution in [0.25, 0.3) is 0 Å². The van der Waals surface area contributed by atoms with Crippen molar-refractivity contribution in [1.29, 1.82) is 0 Å². The Hall–Kier alpha value is -0.650. The highest BCUT2D eigenvalue weighted by Gasteiger charge is 2.33. The lowest BCUT2D eigenvalue weighted by Crippen LogP contribution is -2.44.